The molecule has 6 nitrogen and oxygen atoms in total. The molecule has 152 valence electrons. The average molecular weight is 393 g/mol. The number of carbonyl (C=O) groups is 1. The van der Waals surface area contributed by atoms with Crippen LogP contribution >= 0.6 is 0 Å². The number of fused-ring (bicyclic) bond motifs is 1. The van der Waals surface area contributed by atoms with Gasteiger partial charge in [0.2, 0.25) is 5.91 Å². The summed E-state index contributed by atoms with van der Waals surface area (Å²) < 4.78 is 5.21. The molecule has 0 aliphatic heterocycles. The van der Waals surface area contributed by atoms with Crippen LogP contribution < -0.4 is 15.6 Å². The standard InChI is InChI=1S/C23H27N3O3/c1-26(2)21(16-8-11-19(29-3)12-9-16)15-24-22(27)13-10-18-14-17-6-4-5-7-20(17)25-23(18)28/h4-9,11-12,14,21H,10,13,15H2,1-3H3,(H,24,27)(H,25,28). The molecule has 0 saturated heterocycles. The number of methoxy groups -OCH3 is 1. The zero-order valence-corrected chi connectivity index (χ0v) is 17.1. The van der Waals surface area contributed by atoms with Crippen LogP contribution in [0, 0.1) is 0 Å². The second kappa shape index (κ2) is 9.39. The van der Waals surface area contributed by atoms with Gasteiger partial charge in [0.25, 0.3) is 5.56 Å². The highest BCUT2D eigenvalue weighted by Gasteiger charge is 2.16. The maximum atomic E-state index is 12.4. The van der Waals surface area contributed by atoms with Crippen LogP contribution in [0.3, 0.4) is 0 Å². The van der Waals surface area contributed by atoms with Crippen LogP contribution in [0.25, 0.3) is 10.9 Å². The van der Waals surface area contributed by atoms with Gasteiger partial charge in [-0.25, -0.2) is 0 Å². The quantitative estimate of drug-likeness (QED) is 0.617. The number of pyridine rings is 1. The minimum absolute atomic E-state index is 0.0499. The van der Waals surface area contributed by atoms with Gasteiger partial charge in [0.15, 0.2) is 0 Å². The molecule has 0 saturated carbocycles. The summed E-state index contributed by atoms with van der Waals surface area (Å²) in [6, 6.07) is 17.4. The lowest BCUT2D eigenvalue weighted by atomic mass is 10.1. The Bertz CT molecular complexity index is 1030. The summed E-state index contributed by atoms with van der Waals surface area (Å²) in [6.45, 7) is 0.492. The first-order chi connectivity index (χ1) is 14.0. The summed E-state index contributed by atoms with van der Waals surface area (Å²) in [5.74, 6) is 0.730. The lowest BCUT2D eigenvalue weighted by Gasteiger charge is -2.25. The smallest absolute Gasteiger partial charge is 0.251 e. The third-order valence-electron chi connectivity index (χ3n) is 5.07. The molecule has 0 spiro atoms. The van der Waals surface area contributed by atoms with Gasteiger partial charge in [0.1, 0.15) is 5.75 Å². The van der Waals surface area contributed by atoms with Gasteiger partial charge >= 0.3 is 0 Å². The molecule has 0 radical (unpaired) electrons. The number of hydrogen-bond donors (Lipinski definition) is 2. The molecule has 0 aliphatic rings. The van der Waals surface area contributed by atoms with E-state index in [1.807, 2.05) is 68.7 Å². The number of rotatable bonds is 8. The van der Waals surface area contributed by atoms with Crippen molar-refractivity contribution in [2.45, 2.75) is 18.9 Å². The van der Waals surface area contributed by atoms with E-state index in [1.54, 1.807) is 7.11 Å². The van der Waals surface area contributed by atoms with E-state index >= 15 is 0 Å². The van der Waals surface area contributed by atoms with E-state index in [4.69, 9.17) is 4.74 Å². The first-order valence-corrected chi connectivity index (χ1v) is 9.66. The molecule has 1 aromatic heterocycles. The number of para-hydroxylation sites is 1. The highest BCUT2D eigenvalue weighted by atomic mass is 16.5. The minimum atomic E-state index is -0.138. The highest BCUT2D eigenvalue weighted by molar-refractivity contribution is 5.79. The molecule has 1 unspecified atom stereocenters. The summed E-state index contributed by atoms with van der Waals surface area (Å²) in [5, 5.41) is 3.96. The molecule has 0 bridgehead atoms. The first-order valence-electron chi connectivity index (χ1n) is 9.66. The Kier molecular flexibility index (Phi) is 6.67. The molecule has 6 heteroatoms. The summed E-state index contributed by atoms with van der Waals surface area (Å²) in [7, 11) is 5.60. The van der Waals surface area contributed by atoms with Crippen LogP contribution in [0.2, 0.25) is 0 Å². The predicted molar refractivity (Wildman–Crippen MR) is 115 cm³/mol. The lowest BCUT2D eigenvalue weighted by Crippen LogP contribution is -2.34. The monoisotopic (exact) mass is 393 g/mol. The Hall–Kier alpha value is -3.12. The average Bonchev–Trinajstić information content (AvgIpc) is 2.72. The molecule has 2 aromatic carbocycles. The second-order valence-corrected chi connectivity index (χ2v) is 7.27. The Balaban J connectivity index is 1.59. The fraction of sp³-hybridized carbons (Fsp3) is 0.304. The van der Waals surface area contributed by atoms with Gasteiger partial charge in [0, 0.05) is 24.0 Å². The van der Waals surface area contributed by atoms with E-state index < -0.39 is 0 Å². The van der Waals surface area contributed by atoms with Crippen molar-refractivity contribution in [3.63, 3.8) is 0 Å². The predicted octanol–water partition coefficient (Wildman–Crippen LogP) is 2.89. The Morgan fingerprint density at radius 3 is 2.55 bits per heavy atom. The molecule has 1 atom stereocenters. The first kappa shape index (κ1) is 20.6. The molecule has 2 N–H and O–H groups in total. The summed E-state index contributed by atoms with van der Waals surface area (Å²) >= 11 is 0. The van der Waals surface area contributed by atoms with Gasteiger partial charge in [-0.2, -0.15) is 0 Å². The minimum Gasteiger partial charge on any atom is -0.497 e. The SMILES string of the molecule is COc1ccc(C(CNC(=O)CCc2cc3ccccc3[nH]c2=O)N(C)C)cc1. The maximum Gasteiger partial charge on any atom is 0.251 e. The molecule has 29 heavy (non-hydrogen) atoms. The van der Waals surface area contributed by atoms with E-state index in [-0.39, 0.29) is 23.9 Å². The Morgan fingerprint density at radius 1 is 1.14 bits per heavy atom. The highest BCUT2D eigenvalue weighted by Crippen LogP contribution is 2.20. The van der Waals surface area contributed by atoms with Crippen LogP contribution in [-0.2, 0) is 11.2 Å². The van der Waals surface area contributed by atoms with E-state index in [9.17, 15) is 9.59 Å². The van der Waals surface area contributed by atoms with Crippen LogP contribution in [0.4, 0.5) is 0 Å². The number of H-pyrrole nitrogens is 1. The van der Waals surface area contributed by atoms with E-state index in [0.717, 1.165) is 22.2 Å². The second-order valence-electron chi connectivity index (χ2n) is 7.27. The zero-order chi connectivity index (χ0) is 20.8. The molecule has 0 aliphatic carbocycles. The number of aryl methyl sites for hydroxylation is 1. The number of aromatic nitrogens is 1. The van der Waals surface area contributed by atoms with E-state index in [1.165, 1.54) is 0 Å². The van der Waals surface area contributed by atoms with Gasteiger partial charge in [-0.15, -0.1) is 0 Å². The molecule has 3 aromatic rings. The molecular weight excluding hydrogens is 366 g/mol. The number of nitrogens with zero attached hydrogens (tertiary/aromatic N) is 1. The fourth-order valence-electron chi connectivity index (χ4n) is 3.35. The van der Waals surface area contributed by atoms with Crippen molar-refractivity contribution < 1.29 is 9.53 Å². The zero-order valence-electron chi connectivity index (χ0n) is 17.1. The number of hydrogen-bond acceptors (Lipinski definition) is 4. The summed E-state index contributed by atoms with van der Waals surface area (Å²) in [6.07, 6.45) is 0.672. The Morgan fingerprint density at radius 2 is 1.86 bits per heavy atom. The third-order valence-corrected chi connectivity index (χ3v) is 5.07. The number of nitrogens with one attached hydrogen (secondary N) is 2. The van der Waals surface area contributed by atoms with Crippen molar-refractivity contribution in [3.8, 4) is 5.75 Å². The number of carbonyl (C=O) groups excluding carboxylic acids is 1. The molecule has 0 fully saturated rings. The van der Waals surface area contributed by atoms with Gasteiger partial charge in [-0.1, -0.05) is 30.3 Å². The molecular formula is C23H27N3O3. The van der Waals surface area contributed by atoms with Gasteiger partial charge in [-0.05, 0) is 55.7 Å². The van der Waals surface area contributed by atoms with Crippen LogP contribution in [0.1, 0.15) is 23.6 Å². The number of ether oxygens (including phenoxy) is 1. The number of aromatic amines is 1. The van der Waals surface area contributed by atoms with E-state index in [0.29, 0.717) is 18.5 Å². The van der Waals surface area contributed by atoms with Crippen LogP contribution in [-0.4, -0.2) is 43.5 Å². The Labute approximate surface area is 170 Å². The van der Waals surface area contributed by atoms with Crippen LogP contribution in [0.15, 0.2) is 59.4 Å². The fourth-order valence-corrected chi connectivity index (χ4v) is 3.35. The molecule has 3 rings (SSSR count). The van der Waals surface area contributed by atoms with Crippen molar-refractivity contribution in [3.05, 3.63) is 76.1 Å². The van der Waals surface area contributed by atoms with Crippen LogP contribution in [0.5, 0.6) is 5.75 Å². The third kappa shape index (κ3) is 5.23. The normalized spacial score (nSPS) is 12.1. The molecule has 1 heterocycles. The van der Waals surface area contributed by atoms with E-state index in [2.05, 4.69) is 15.2 Å². The maximum absolute atomic E-state index is 12.4. The number of benzene rings is 2. The van der Waals surface area contributed by atoms with Gasteiger partial charge < -0.3 is 19.9 Å². The van der Waals surface area contributed by atoms with Gasteiger partial charge in [-0.3, -0.25) is 9.59 Å². The van der Waals surface area contributed by atoms with Gasteiger partial charge in [0.05, 0.1) is 13.2 Å². The van der Waals surface area contributed by atoms with Crippen molar-refractivity contribution in [2.24, 2.45) is 0 Å². The van der Waals surface area contributed by atoms with Crippen molar-refractivity contribution in [1.29, 1.82) is 0 Å². The van der Waals surface area contributed by atoms with Crippen molar-refractivity contribution in [2.75, 3.05) is 27.7 Å². The van der Waals surface area contributed by atoms with Crippen molar-refractivity contribution in [1.82, 2.24) is 15.2 Å². The topological polar surface area (TPSA) is 74.4 Å². The largest absolute Gasteiger partial charge is 0.497 e. The molecule has 1 amide bonds. The number of likely N-dealkylation sites (N-methyl/N-ethyl adjacent to an activating group) is 1. The van der Waals surface area contributed by atoms with Crippen molar-refractivity contribution >= 4 is 16.8 Å². The summed E-state index contributed by atoms with van der Waals surface area (Å²) in [4.78, 5) is 29.6. The summed E-state index contributed by atoms with van der Waals surface area (Å²) in [5.41, 5.74) is 2.39. The lowest BCUT2D eigenvalue weighted by molar-refractivity contribution is -0.121. The number of amides is 1.